The summed E-state index contributed by atoms with van der Waals surface area (Å²) in [5.41, 5.74) is 0.870. The van der Waals surface area contributed by atoms with Crippen molar-refractivity contribution in [3.8, 4) is 5.75 Å². The molecule has 1 aromatic carbocycles. The van der Waals surface area contributed by atoms with Crippen LogP contribution in [0, 0.1) is 0 Å². The lowest BCUT2D eigenvalue weighted by molar-refractivity contribution is -0.509. The predicted octanol–water partition coefficient (Wildman–Crippen LogP) is 0.691. The largest absolute Gasteiger partial charge is 0.502 e. The first-order valence-corrected chi connectivity index (χ1v) is 9.60. The molecule has 0 radical (unpaired) electrons. The molecule has 1 atom stereocenters. The Hall–Kier alpha value is -2.97. The number of carbonyl (C=O) groups is 3. The van der Waals surface area contributed by atoms with Gasteiger partial charge >= 0.3 is 11.8 Å². The van der Waals surface area contributed by atoms with Gasteiger partial charge in [0.2, 0.25) is 0 Å². The number of hydrogen-bond donors (Lipinski definition) is 1. The van der Waals surface area contributed by atoms with E-state index in [2.05, 4.69) is 10.4 Å². The fourth-order valence-electron chi connectivity index (χ4n) is 3.98. The Labute approximate surface area is 162 Å². The van der Waals surface area contributed by atoms with Crippen LogP contribution in [-0.4, -0.2) is 66.4 Å². The highest BCUT2D eigenvalue weighted by Gasteiger charge is 2.49. The van der Waals surface area contributed by atoms with Gasteiger partial charge in [-0.05, 0) is 41.8 Å². The topological polar surface area (TPSA) is 94.3 Å². The third-order valence-corrected chi connectivity index (χ3v) is 5.48. The number of methoxy groups -OCH3 is 1. The van der Waals surface area contributed by atoms with Gasteiger partial charge in [0, 0.05) is 29.9 Å². The Morgan fingerprint density at radius 3 is 2.54 bits per heavy atom. The van der Waals surface area contributed by atoms with E-state index in [1.54, 1.807) is 7.11 Å². The fraction of sp³-hybridized carbons (Fsp3) is 0.526. The van der Waals surface area contributed by atoms with E-state index in [4.69, 9.17) is 4.74 Å². The minimum absolute atomic E-state index is 0.155. The van der Waals surface area contributed by atoms with Gasteiger partial charge in [-0.25, -0.2) is 4.79 Å². The second-order valence-corrected chi connectivity index (χ2v) is 7.26. The van der Waals surface area contributed by atoms with Gasteiger partial charge in [-0.2, -0.15) is 0 Å². The second kappa shape index (κ2) is 7.57. The number of amides is 3. The van der Waals surface area contributed by atoms with E-state index in [1.807, 2.05) is 29.2 Å². The molecule has 4 rings (SSSR count). The minimum atomic E-state index is -0.755. The smallest absolute Gasteiger partial charge is 0.497 e. The lowest BCUT2D eigenvalue weighted by atomic mass is 10.2. The number of nitrogens with one attached hydrogen (secondary N) is 1. The number of azo groups is 2. The van der Waals surface area contributed by atoms with Crippen molar-refractivity contribution in [3.63, 3.8) is 0 Å². The molecule has 2 fully saturated rings. The Bertz CT molecular complexity index is 816. The van der Waals surface area contributed by atoms with Gasteiger partial charge < -0.3 is 15.0 Å². The molecule has 2 aliphatic heterocycles. The van der Waals surface area contributed by atoms with Crippen LogP contribution in [0.5, 0.6) is 5.75 Å². The lowest BCUT2D eigenvalue weighted by Gasteiger charge is -2.27. The minimum Gasteiger partial charge on any atom is -0.497 e. The van der Waals surface area contributed by atoms with Crippen LogP contribution in [-0.2, 0) is 14.4 Å². The number of benzene rings is 1. The van der Waals surface area contributed by atoms with Crippen molar-refractivity contribution in [1.82, 2.24) is 10.2 Å². The van der Waals surface area contributed by atoms with Crippen LogP contribution in [0.3, 0.4) is 0 Å². The summed E-state index contributed by atoms with van der Waals surface area (Å²) in [6.45, 7) is 0.733. The monoisotopic (exact) mass is 386 g/mol. The quantitative estimate of drug-likeness (QED) is 0.594. The van der Waals surface area contributed by atoms with Crippen molar-refractivity contribution in [2.75, 3.05) is 31.6 Å². The molecule has 0 aromatic heterocycles. The summed E-state index contributed by atoms with van der Waals surface area (Å²) < 4.78 is 6.19. The molecule has 148 valence electrons. The first kappa shape index (κ1) is 18.4. The summed E-state index contributed by atoms with van der Waals surface area (Å²) in [6.07, 6.45) is 3.49. The predicted molar refractivity (Wildman–Crippen MR) is 98.8 cm³/mol. The van der Waals surface area contributed by atoms with E-state index in [9.17, 15) is 14.4 Å². The van der Waals surface area contributed by atoms with Gasteiger partial charge in [0.15, 0.2) is 0 Å². The molecule has 1 saturated carbocycles. The molecular formula is C19H24N5O4+. The zero-order valence-electron chi connectivity index (χ0n) is 15.8. The highest BCUT2D eigenvalue weighted by Crippen LogP contribution is 2.28. The van der Waals surface area contributed by atoms with Gasteiger partial charge in [0.05, 0.1) is 7.11 Å². The Kier molecular flexibility index (Phi) is 4.97. The average Bonchev–Trinajstić information content (AvgIpc) is 3.36. The van der Waals surface area contributed by atoms with Crippen LogP contribution >= 0.6 is 0 Å². The molecule has 2 heterocycles. The summed E-state index contributed by atoms with van der Waals surface area (Å²) in [6, 6.07) is 7.59. The van der Waals surface area contributed by atoms with E-state index in [0.717, 1.165) is 41.8 Å². The maximum Gasteiger partial charge on any atom is 0.502 e. The molecule has 1 aliphatic carbocycles. The van der Waals surface area contributed by atoms with Gasteiger partial charge in [0.1, 0.15) is 5.75 Å². The van der Waals surface area contributed by atoms with Crippen LogP contribution in [0.4, 0.5) is 5.69 Å². The highest BCUT2D eigenvalue weighted by atomic mass is 16.5. The number of rotatable bonds is 5. The number of hydrogen-bond acceptors (Lipinski definition) is 6. The van der Waals surface area contributed by atoms with Crippen molar-refractivity contribution >= 4 is 23.4 Å². The van der Waals surface area contributed by atoms with Gasteiger partial charge in [0.25, 0.3) is 18.7 Å². The molecule has 1 unspecified atom stereocenters. The first-order chi connectivity index (χ1) is 13.6. The van der Waals surface area contributed by atoms with Crippen LogP contribution in [0.25, 0.3) is 0 Å². The summed E-state index contributed by atoms with van der Waals surface area (Å²) in [5, 5.41) is 7.34. The number of nitrogens with zero attached hydrogens (tertiary/aromatic N) is 4. The molecule has 0 spiro atoms. The van der Waals surface area contributed by atoms with Crippen molar-refractivity contribution in [3.05, 3.63) is 24.3 Å². The van der Waals surface area contributed by atoms with E-state index in [0.29, 0.717) is 13.1 Å². The Morgan fingerprint density at radius 2 is 1.86 bits per heavy atom. The van der Waals surface area contributed by atoms with E-state index >= 15 is 0 Å². The Balaban J connectivity index is 1.52. The Morgan fingerprint density at radius 1 is 1.18 bits per heavy atom. The van der Waals surface area contributed by atoms with E-state index in [-0.39, 0.29) is 18.5 Å². The molecule has 1 N–H and O–H groups in total. The summed E-state index contributed by atoms with van der Waals surface area (Å²) in [7, 11) is 1.60. The summed E-state index contributed by atoms with van der Waals surface area (Å²) in [4.78, 5) is 40.6. The zero-order valence-corrected chi connectivity index (χ0v) is 15.8. The third kappa shape index (κ3) is 3.44. The molecular weight excluding hydrogens is 362 g/mol. The molecule has 3 aliphatic rings. The SMILES string of the molecule is COc1ccc(N2CCN3C(=O)C(=O)[N+](CC(=O)NC4CCCC4)=NC32)cc1. The number of fused-ring (bicyclic) bond motifs is 1. The van der Waals surface area contributed by atoms with Gasteiger partial charge in [-0.15, -0.1) is 0 Å². The zero-order chi connectivity index (χ0) is 19.7. The molecule has 3 amide bonds. The third-order valence-electron chi connectivity index (χ3n) is 5.48. The van der Waals surface area contributed by atoms with Gasteiger partial charge in [-0.1, -0.05) is 12.8 Å². The van der Waals surface area contributed by atoms with Crippen LogP contribution in [0.2, 0.25) is 0 Å². The fourth-order valence-corrected chi connectivity index (χ4v) is 3.98. The van der Waals surface area contributed by atoms with Crippen molar-refractivity contribution in [2.24, 2.45) is 5.11 Å². The van der Waals surface area contributed by atoms with E-state index in [1.165, 1.54) is 4.90 Å². The van der Waals surface area contributed by atoms with Crippen molar-refractivity contribution in [1.29, 1.82) is 0 Å². The molecule has 9 heteroatoms. The molecule has 28 heavy (non-hydrogen) atoms. The molecule has 1 aromatic rings. The lowest BCUT2D eigenvalue weighted by Crippen LogP contribution is -2.53. The first-order valence-electron chi connectivity index (χ1n) is 9.60. The maximum absolute atomic E-state index is 12.5. The van der Waals surface area contributed by atoms with Crippen LogP contribution in [0.15, 0.2) is 29.4 Å². The standard InChI is InChI=1S/C19H23N5O4/c1-28-15-8-6-14(7-9-15)22-10-11-23-17(26)18(27)24(21-19(22)23)12-16(25)20-13-4-2-3-5-13/h6-9,13,19H,2-5,10-12H2,1H3/p+1. The average molecular weight is 386 g/mol. The van der Waals surface area contributed by atoms with Crippen molar-refractivity contribution < 1.29 is 23.8 Å². The van der Waals surface area contributed by atoms with Crippen LogP contribution in [0.1, 0.15) is 25.7 Å². The van der Waals surface area contributed by atoms with Crippen molar-refractivity contribution in [2.45, 2.75) is 38.0 Å². The van der Waals surface area contributed by atoms with Crippen LogP contribution < -0.4 is 15.0 Å². The summed E-state index contributed by atoms with van der Waals surface area (Å²) >= 11 is 0. The van der Waals surface area contributed by atoms with E-state index < -0.39 is 18.1 Å². The number of ether oxygens (including phenoxy) is 1. The van der Waals surface area contributed by atoms with Gasteiger partial charge in [-0.3, -0.25) is 14.5 Å². The number of anilines is 1. The molecule has 0 bridgehead atoms. The highest BCUT2D eigenvalue weighted by molar-refractivity contribution is 6.31. The maximum atomic E-state index is 12.5. The molecule has 1 saturated heterocycles. The molecule has 9 nitrogen and oxygen atoms in total. The summed E-state index contributed by atoms with van der Waals surface area (Å²) in [5.74, 6) is -0.921. The normalized spacial score (nSPS) is 22.3. The number of carbonyl (C=O) groups excluding carboxylic acids is 3. The second-order valence-electron chi connectivity index (χ2n) is 7.26.